The van der Waals surface area contributed by atoms with Crippen molar-refractivity contribution in [1.82, 2.24) is 9.78 Å². The van der Waals surface area contributed by atoms with Crippen molar-refractivity contribution in [3.05, 3.63) is 17.0 Å². The maximum Gasteiger partial charge on any atom is 0.433 e. The molecule has 0 N–H and O–H groups in total. The van der Waals surface area contributed by atoms with Crippen LogP contribution in [0.2, 0.25) is 0 Å². The Kier molecular flexibility index (Phi) is 2.62. The van der Waals surface area contributed by atoms with Gasteiger partial charge in [0.25, 0.3) is 0 Å². The van der Waals surface area contributed by atoms with Crippen molar-refractivity contribution in [2.24, 2.45) is 5.92 Å². The molecular weight excluding hydrogens is 261 g/mol. The summed E-state index contributed by atoms with van der Waals surface area (Å²) in [5.41, 5.74) is 0.0419. The molecule has 0 aromatic carbocycles. The predicted molar refractivity (Wildman–Crippen MR) is 58.4 cm³/mol. The first-order valence-electron chi connectivity index (χ1n) is 6.24. The quantitative estimate of drug-likeness (QED) is 0.793. The molecular formula is C12H13F3N2O2. The Bertz CT molecular complexity index is 536. The standard InChI is InChI=1S/C12H13F3N2O2/c1-2-19-9(18)5-17-11(12(13,14)15)10-7-3-6(7)4-8(10)16-17/h6-7H,2-5H2,1H3. The van der Waals surface area contributed by atoms with E-state index in [-0.39, 0.29) is 12.5 Å². The molecule has 1 aromatic rings. The average molecular weight is 274 g/mol. The van der Waals surface area contributed by atoms with Crippen molar-refractivity contribution in [1.29, 1.82) is 0 Å². The number of rotatable bonds is 3. The van der Waals surface area contributed by atoms with Gasteiger partial charge < -0.3 is 4.74 Å². The maximum absolute atomic E-state index is 13.2. The Hall–Kier alpha value is -1.53. The van der Waals surface area contributed by atoms with E-state index >= 15 is 0 Å². The van der Waals surface area contributed by atoms with Gasteiger partial charge in [0.1, 0.15) is 12.2 Å². The second kappa shape index (κ2) is 3.98. The number of esters is 1. The molecule has 4 nitrogen and oxygen atoms in total. The topological polar surface area (TPSA) is 44.1 Å². The first-order chi connectivity index (χ1) is 8.91. The third-order valence-electron chi connectivity index (χ3n) is 3.67. The number of hydrogen-bond acceptors (Lipinski definition) is 3. The Morgan fingerprint density at radius 1 is 1.53 bits per heavy atom. The molecule has 2 aliphatic rings. The molecule has 0 aliphatic heterocycles. The van der Waals surface area contributed by atoms with Crippen LogP contribution in [0.4, 0.5) is 13.2 Å². The summed E-state index contributed by atoms with van der Waals surface area (Å²) < 4.78 is 44.9. The number of hydrogen-bond donors (Lipinski definition) is 0. The first-order valence-corrected chi connectivity index (χ1v) is 6.24. The SMILES string of the molecule is CCOC(=O)Cn1nc2c(c1C(F)(F)F)C1CC1C2. The average Bonchev–Trinajstić information content (AvgIpc) is 2.78. The van der Waals surface area contributed by atoms with Crippen LogP contribution in [0.5, 0.6) is 0 Å². The molecule has 2 aliphatic carbocycles. The normalized spacial score (nSPS) is 24.0. The number of carbonyl (C=O) groups excluding carboxylic acids is 1. The van der Waals surface area contributed by atoms with E-state index in [4.69, 9.17) is 0 Å². The van der Waals surface area contributed by atoms with E-state index in [9.17, 15) is 18.0 Å². The van der Waals surface area contributed by atoms with Crippen LogP contribution in [0.3, 0.4) is 0 Å². The zero-order valence-electron chi connectivity index (χ0n) is 10.3. The minimum atomic E-state index is -4.48. The molecule has 0 amide bonds. The summed E-state index contributed by atoms with van der Waals surface area (Å²) in [5.74, 6) is -0.375. The van der Waals surface area contributed by atoms with Gasteiger partial charge in [0, 0.05) is 5.56 Å². The fourth-order valence-electron chi connectivity index (χ4n) is 2.88. The molecule has 3 rings (SSSR count). The number of nitrogens with zero attached hydrogens (tertiary/aromatic N) is 2. The van der Waals surface area contributed by atoms with Gasteiger partial charge in [-0.15, -0.1) is 0 Å². The lowest BCUT2D eigenvalue weighted by atomic mass is 10.1. The van der Waals surface area contributed by atoms with Crippen LogP contribution in [0.1, 0.15) is 36.2 Å². The highest BCUT2D eigenvalue weighted by Crippen LogP contribution is 2.58. The number of aromatic nitrogens is 2. The van der Waals surface area contributed by atoms with Gasteiger partial charge in [-0.1, -0.05) is 0 Å². The molecule has 1 heterocycles. The first kappa shape index (κ1) is 12.5. The summed E-state index contributed by atoms with van der Waals surface area (Å²) in [7, 11) is 0. The summed E-state index contributed by atoms with van der Waals surface area (Å²) in [6.07, 6.45) is -3.08. The number of carbonyl (C=O) groups is 1. The molecule has 7 heteroatoms. The molecule has 1 saturated carbocycles. The van der Waals surface area contributed by atoms with E-state index in [0.29, 0.717) is 23.6 Å². The monoisotopic (exact) mass is 274 g/mol. The zero-order chi connectivity index (χ0) is 13.8. The highest BCUT2D eigenvalue weighted by Gasteiger charge is 2.53. The fraction of sp³-hybridized carbons (Fsp3) is 0.667. The van der Waals surface area contributed by atoms with E-state index in [1.165, 1.54) is 0 Å². The summed E-state index contributed by atoms with van der Waals surface area (Å²) >= 11 is 0. The van der Waals surface area contributed by atoms with Crippen LogP contribution in [0.15, 0.2) is 0 Å². The minimum Gasteiger partial charge on any atom is -0.465 e. The van der Waals surface area contributed by atoms with E-state index in [1.807, 2.05) is 0 Å². The Balaban J connectivity index is 1.96. The Labute approximate surface area is 107 Å². The van der Waals surface area contributed by atoms with Crippen molar-refractivity contribution in [2.45, 2.75) is 38.4 Å². The van der Waals surface area contributed by atoms with Crippen LogP contribution in [-0.2, 0) is 28.7 Å². The van der Waals surface area contributed by atoms with E-state index in [2.05, 4.69) is 9.84 Å². The Morgan fingerprint density at radius 2 is 2.26 bits per heavy atom. The number of alkyl halides is 3. The molecule has 0 radical (unpaired) electrons. The van der Waals surface area contributed by atoms with Crippen LogP contribution >= 0.6 is 0 Å². The van der Waals surface area contributed by atoms with Gasteiger partial charge in [-0.25, -0.2) is 4.68 Å². The van der Waals surface area contributed by atoms with Crippen molar-refractivity contribution in [2.75, 3.05) is 6.61 Å². The van der Waals surface area contributed by atoms with Gasteiger partial charge >= 0.3 is 12.1 Å². The lowest BCUT2D eigenvalue weighted by molar-refractivity contribution is -0.149. The molecule has 1 fully saturated rings. The van der Waals surface area contributed by atoms with Gasteiger partial charge in [-0.05, 0) is 31.6 Å². The maximum atomic E-state index is 13.2. The van der Waals surface area contributed by atoms with E-state index < -0.39 is 24.4 Å². The molecule has 0 saturated heterocycles. The van der Waals surface area contributed by atoms with Gasteiger partial charge in [-0.2, -0.15) is 18.3 Å². The lowest BCUT2D eigenvalue weighted by Gasteiger charge is -2.12. The van der Waals surface area contributed by atoms with Crippen LogP contribution in [0.25, 0.3) is 0 Å². The molecule has 19 heavy (non-hydrogen) atoms. The molecule has 2 atom stereocenters. The fourth-order valence-corrected chi connectivity index (χ4v) is 2.88. The van der Waals surface area contributed by atoms with Crippen molar-refractivity contribution in [3.63, 3.8) is 0 Å². The molecule has 104 valence electrons. The van der Waals surface area contributed by atoms with Crippen molar-refractivity contribution in [3.8, 4) is 0 Å². The summed E-state index contributed by atoms with van der Waals surface area (Å²) in [6, 6.07) is 0. The van der Waals surface area contributed by atoms with Gasteiger partial charge in [-0.3, -0.25) is 4.79 Å². The second-order valence-corrected chi connectivity index (χ2v) is 4.98. The smallest absolute Gasteiger partial charge is 0.433 e. The largest absolute Gasteiger partial charge is 0.465 e. The number of halogens is 3. The minimum absolute atomic E-state index is 0.0115. The van der Waals surface area contributed by atoms with Crippen LogP contribution < -0.4 is 0 Å². The third-order valence-corrected chi connectivity index (χ3v) is 3.67. The molecule has 0 spiro atoms. The predicted octanol–water partition coefficient (Wildman–Crippen LogP) is 2.12. The third kappa shape index (κ3) is 2.01. The second-order valence-electron chi connectivity index (χ2n) is 4.98. The highest BCUT2D eigenvalue weighted by atomic mass is 19.4. The Morgan fingerprint density at radius 3 is 2.89 bits per heavy atom. The summed E-state index contributed by atoms with van der Waals surface area (Å²) in [4.78, 5) is 11.4. The van der Waals surface area contributed by atoms with Crippen LogP contribution in [-0.4, -0.2) is 22.4 Å². The zero-order valence-corrected chi connectivity index (χ0v) is 10.3. The lowest BCUT2D eigenvalue weighted by Crippen LogP contribution is -2.21. The summed E-state index contributed by atoms with van der Waals surface area (Å²) in [5, 5.41) is 3.96. The molecule has 2 unspecified atom stereocenters. The molecule has 1 aromatic heterocycles. The van der Waals surface area contributed by atoms with Crippen molar-refractivity contribution >= 4 is 5.97 Å². The van der Waals surface area contributed by atoms with E-state index in [0.717, 1.165) is 11.1 Å². The van der Waals surface area contributed by atoms with Gasteiger partial charge in [0.05, 0.1) is 12.3 Å². The summed E-state index contributed by atoms with van der Waals surface area (Å²) in [6.45, 7) is 1.28. The van der Waals surface area contributed by atoms with Crippen molar-refractivity contribution < 1.29 is 22.7 Å². The number of ether oxygens (including phenoxy) is 1. The number of fused-ring (bicyclic) bond motifs is 3. The van der Waals surface area contributed by atoms with Crippen LogP contribution in [0, 0.1) is 5.92 Å². The van der Waals surface area contributed by atoms with E-state index in [1.54, 1.807) is 6.92 Å². The highest BCUT2D eigenvalue weighted by molar-refractivity contribution is 5.69. The molecule has 0 bridgehead atoms. The van der Waals surface area contributed by atoms with Gasteiger partial charge in [0.15, 0.2) is 0 Å². The van der Waals surface area contributed by atoms with Gasteiger partial charge in [0.2, 0.25) is 0 Å².